The highest BCUT2D eigenvalue weighted by molar-refractivity contribution is 7.14. The number of aromatic nitrogens is 1. The maximum atomic E-state index is 11.9. The van der Waals surface area contributed by atoms with Crippen LogP contribution in [0.15, 0.2) is 29.6 Å². The van der Waals surface area contributed by atoms with Crippen molar-refractivity contribution in [1.29, 1.82) is 0 Å². The van der Waals surface area contributed by atoms with E-state index in [9.17, 15) is 14.4 Å². The van der Waals surface area contributed by atoms with Crippen LogP contribution in [-0.4, -0.2) is 22.6 Å². The topological polar surface area (TPSA) is 85.4 Å². The molecular formula is C14H12N2O4S. The van der Waals surface area contributed by atoms with Crippen LogP contribution in [0.1, 0.15) is 34.7 Å². The maximum Gasteiger partial charge on any atom is 0.363 e. The van der Waals surface area contributed by atoms with Gasteiger partial charge in [0.15, 0.2) is 16.6 Å². The minimum absolute atomic E-state index is 0.0944. The highest BCUT2D eigenvalue weighted by Gasteiger charge is 2.14. The third kappa shape index (κ3) is 3.96. The molecule has 0 spiro atoms. The predicted octanol–water partition coefficient (Wildman–Crippen LogP) is 2.52. The lowest BCUT2D eigenvalue weighted by atomic mass is 10.1. The molecule has 1 aromatic carbocycles. The molecular weight excluding hydrogens is 292 g/mol. The molecule has 0 aliphatic heterocycles. The van der Waals surface area contributed by atoms with Gasteiger partial charge in [-0.15, -0.1) is 11.3 Å². The van der Waals surface area contributed by atoms with Crippen molar-refractivity contribution >= 4 is 34.1 Å². The van der Waals surface area contributed by atoms with Crippen LogP contribution in [0.4, 0.5) is 5.13 Å². The van der Waals surface area contributed by atoms with E-state index in [4.69, 9.17) is 4.74 Å². The van der Waals surface area contributed by atoms with E-state index in [0.717, 1.165) is 11.3 Å². The van der Waals surface area contributed by atoms with Gasteiger partial charge in [0, 0.05) is 17.9 Å². The Morgan fingerprint density at radius 2 is 2.00 bits per heavy atom. The van der Waals surface area contributed by atoms with Crippen LogP contribution >= 0.6 is 11.3 Å². The van der Waals surface area contributed by atoms with Crippen LogP contribution in [0.25, 0.3) is 0 Å². The van der Waals surface area contributed by atoms with Crippen molar-refractivity contribution in [1.82, 2.24) is 4.98 Å². The number of anilines is 1. The number of benzene rings is 1. The average Bonchev–Trinajstić information content (AvgIpc) is 2.86. The normalized spacial score (nSPS) is 10.0. The zero-order valence-corrected chi connectivity index (χ0v) is 12.2. The number of nitrogens with one attached hydrogen (secondary N) is 1. The van der Waals surface area contributed by atoms with Crippen LogP contribution in [0, 0.1) is 0 Å². The lowest BCUT2D eigenvalue weighted by Gasteiger charge is -2.03. The Morgan fingerprint density at radius 3 is 2.67 bits per heavy atom. The number of carbonyl (C=O) groups is 3. The molecule has 1 N–H and O–H groups in total. The van der Waals surface area contributed by atoms with E-state index in [0.29, 0.717) is 10.7 Å². The average molecular weight is 304 g/mol. The lowest BCUT2D eigenvalue weighted by Crippen LogP contribution is -2.10. The number of rotatable bonds is 4. The van der Waals surface area contributed by atoms with Gasteiger partial charge in [-0.25, -0.2) is 9.78 Å². The molecule has 7 heteroatoms. The minimum atomic E-state index is -0.649. The SMILES string of the molecule is CC(=O)Nc1nc(C(=O)Oc2cccc(C(C)=O)c2)cs1. The molecule has 0 bridgehead atoms. The molecule has 1 heterocycles. The molecule has 0 atom stereocenters. The van der Waals surface area contributed by atoms with Crippen molar-refractivity contribution in [2.75, 3.05) is 5.32 Å². The van der Waals surface area contributed by atoms with E-state index in [-0.39, 0.29) is 23.1 Å². The van der Waals surface area contributed by atoms with Gasteiger partial charge in [0.25, 0.3) is 0 Å². The van der Waals surface area contributed by atoms with Gasteiger partial charge >= 0.3 is 5.97 Å². The van der Waals surface area contributed by atoms with Gasteiger partial charge in [0.1, 0.15) is 5.75 Å². The number of hydrogen-bond acceptors (Lipinski definition) is 6. The molecule has 108 valence electrons. The summed E-state index contributed by atoms with van der Waals surface area (Å²) >= 11 is 1.13. The van der Waals surface area contributed by atoms with Crippen LogP contribution in [0.3, 0.4) is 0 Å². The van der Waals surface area contributed by atoms with Crippen LogP contribution in [0.5, 0.6) is 5.75 Å². The third-order valence-corrected chi connectivity index (χ3v) is 3.21. The van der Waals surface area contributed by atoms with Gasteiger partial charge in [-0.2, -0.15) is 0 Å². The summed E-state index contributed by atoms with van der Waals surface area (Å²) in [6, 6.07) is 6.33. The maximum absolute atomic E-state index is 11.9. The first kappa shape index (κ1) is 14.9. The molecule has 21 heavy (non-hydrogen) atoms. The number of hydrogen-bond donors (Lipinski definition) is 1. The zero-order chi connectivity index (χ0) is 15.4. The standard InChI is InChI=1S/C14H12N2O4S/c1-8(17)10-4-3-5-11(6-10)20-13(19)12-7-21-14(16-12)15-9(2)18/h3-7H,1-2H3,(H,15,16,18). The quantitative estimate of drug-likeness (QED) is 0.533. The summed E-state index contributed by atoms with van der Waals surface area (Å²) < 4.78 is 5.15. The number of ketones is 1. The van der Waals surface area contributed by atoms with Crippen molar-refractivity contribution in [2.24, 2.45) is 0 Å². The van der Waals surface area contributed by atoms with Crippen molar-refractivity contribution in [3.63, 3.8) is 0 Å². The molecule has 0 saturated heterocycles. The van der Waals surface area contributed by atoms with Crippen LogP contribution in [-0.2, 0) is 4.79 Å². The Kier molecular flexibility index (Phi) is 4.44. The number of esters is 1. The molecule has 0 unspecified atom stereocenters. The molecule has 0 aliphatic carbocycles. The van der Waals surface area contributed by atoms with Crippen LogP contribution in [0.2, 0.25) is 0 Å². The number of amides is 1. The Balaban J connectivity index is 2.10. The highest BCUT2D eigenvalue weighted by atomic mass is 32.1. The van der Waals surface area contributed by atoms with E-state index in [2.05, 4.69) is 10.3 Å². The summed E-state index contributed by atoms with van der Waals surface area (Å²) in [5, 5.41) is 4.30. The summed E-state index contributed by atoms with van der Waals surface area (Å²) in [6.45, 7) is 2.79. The number of thiazole rings is 1. The molecule has 0 fully saturated rings. The smallest absolute Gasteiger partial charge is 0.363 e. The molecule has 0 saturated carbocycles. The number of nitrogens with zero attached hydrogens (tertiary/aromatic N) is 1. The lowest BCUT2D eigenvalue weighted by molar-refractivity contribution is -0.114. The van der Waals surface area contributed by atoms with Crippen molar-refractivity contribution in [3.8, 4) is 5.75 Å². The fourth-order valence-electron chi connectivity index (χ4n) is 1.51. The van der Waals surface area contributed by atoms with Gasteiger partial charge in [-0.05, 0) is 19.1 Å². The molecule has 0 aliphatic rings. The van der Waals surface area contributed by atoms with Crippen LogP contribution < -0.4 is 10.1 Å². The fourth-order valence-corrected chi connectivity index (χ4v) is 2.24. The van der Waals surface area contributed by atoms with Gasteiger partial charge in [-0.1, -0.05) is 12.1 Å². The first-order chi connectivity index (χ1) is 9.95. The van der Waals surface area contributed by atoms with E-state index in [1.165, 1.54) is 25.3 Å². The summed E-state index contributed by atoms with van der Waals surface area (Å²) in [6.07, 6.45) is 0. The molecule has 1 amide bonds. The van der Waals surface area contributed by atoms with Crippen molar-refractivity contribution in [3.05, 3.63) is 40.9 Å². The first-order valence-corrected chi connectivity index (χ1v) is 6.90. The monoisotopic (exact) mass is 304 g/mol. The van der Waals surface area contributed by atoms with Gasteiger partial charge < -0.3 is 10.1 Å². The molecule has 2 aromatic rings. The largest absolute Gasteiger partial charge is 0.422 e. The van der Waals surface area contributed by atoms with Gasteiger partial charge in [-0.3, -0.25) is 9.59 Å². The highest BCUT2D eigenvalue weighted by Crippen LogP contribution is 2.19. The summed E-state index contributed by atoms with van der Waals surface area (Å²) in [4.78, 5) is 38.0. The Bertz CT molecular complexity index is 709. The molecule has 2 rings (SSSR count). The van der Waals surface area contributed by atoms with Gasteiger partial charge in [0.2, 0.25) is 5.91 Å². The van der Waals surface area contributed by atoms with E-state index in [1.807, 2.05) is 0 Å². The zero-order valence-electron chi connectivity index (χ0n) is 11.4. The fraction of sp³-hybridized carbons (Fsp3) is 0.143. The second-order valence-corrected chi connectivity index (χ2v) is 5.05. The van der Waals surface area contributed by atoms with E-state index < -0.39 is 5.97 Å². The van der Waals surface area contributed by atoms with E-state index >= 15 is 0 Å². The summed E-state index contributed by atoms with van der Waals surface area (Å²) in [7, 11) is 0. The summed E-state index contributed by atoms with van der Waals surface area (Å²) in [5.41, 5.74) is 0.550. The Morgan fingerprint density at radius 1 is 1.24 bits per heavy atom. The second-order valence-electron chi connectivity index (χ2n) is 4.19. The second kappa shape index (κ2) is 6.27. The Hall–Kier alpha value is -2.54. The molecule has 0 radical (unpaired) electrons. The van der Waals surface area contributed by atoms with Crippen molar-refractivity contribution < 1.29 is 19.1 Å². The molecule has 6 nitrogen and oxygen atoms in total. The van der Waals surface area contributed by atoms with E-state index in [1.54, 1.807) is 18.2 Å². The first-order valence-electron chi connectivity index (χ1n) is 6.02. The molecule has 1 aromatic heterocycles. The minimum Gasteiger partial charge on any atom is -0.422 e. The Labute approximate surface area is 124 Å². The third-order valence-electron chi connectivity index (χ3n) is 2.45. The number of carbonyl (C=O) groups excluding carboxylic acids is 3. The number of Topliss-reactive ketones (excluding diaryl/α,β-unsaturated/α-hetero) is 1. The van der Waals surface area contributed by atoms with Gasteiger partial charge in [0.05, 0.1) is 0 Å². The number of ether oxygens (including phenoxy) is 1. The predicted molar refractivity (Wildman–Crippen MR) is 77.8 cm³/mol. The van der Waals surface area contributed by atoms with Crippen molar-refractivity contribution in [2.45, 2.75) is 13.8 Å². The summed E-state index contributed by atoms with van der Waals surface area (Å²) in [5.74, 6) is -0.766.